The first kappa shape index (κ1) is 14.2. The van der Waals surface area contributed by atoms with Crippen LogP contribution in [0.3, 0.4) is 0 Å². The van der Waals surface area contributed by atoms with E-state index in [1.807, 2.05) is 6.07 Å². The molecule has 0 aromatic heterocycles. The van der Waals surface area contributed by atoms with Gasteiger partial charge < -0.3 is 10.5 Å². The van der Waals surface area contributed by atoms with Gasteiger partial charge in [-0.05, 0) is 31.7 Å². The van der Waals surface area contributed by atoms with E-state index in [9.17, 15) is 0 Å². The van der Waals surface area contributed by atoms with Crippen LogP contribution in [0.15, 0.2) is 24.3 Å². The van der Waals surface area contributed by atoms with Gasteiger partial charge in [-0.3, -0.25) is 0 Å². The zero-order chi connectivity index (χ0) is 12.8. The van der Waals surface area contributed by atoms with Crippen molar-refractivity contribution in [3.63, 3.8) is 0 Å². The van der Waals surface area contributed by atoms with Crippen molar-refractivity contribution in [1.82, 2.24) is 0 Å². The molecular formula is C15H25NO. The third-order valence-corrected chi connectivity index (χ3v) is 2.83. The Morgan fingerprint density at radius 2 is 1.94 bits per heavy atom. The van der Waals surface area contributed by atoms with Gasteiger partial charge in [0, 0.05) is 0 Å². The van der Waals surface area contributed by atoms with Crippen molar-refractivity contribution < 1.29 is 4.74 Å². The molecular weight excluding hydrogens is 210 g/mol. The first-order valence-electron chi connectivity index (χ1n) is 6.42. The monoisotopic (exact) mass is 235 g/mol. The highest BCUT2D eigenvalue weighted by Gasteiger charge is 2.10. The molecule has 0 aliphatic heterocycles. The fraction of sp³-hybridized carbons (Fsp3) is 0.600. The van der Waals surface area contributed by atoms with E-state index in [2.05, 4.69) is 45.9 Å². The summed E-state index contributed by atoms with van der Waals surface area (Å²) in [6, 6.07) is 8.29. The van der Waals surface area contributed by atoms with Gasteiger partial charge in [-0.15, -0.1) is 0 Å². The highest BCUT2D eigenvalue weighted by Crippen LogP contribution is 2.14. The summed E-state index contributed by atoms with van der Waals surface area (Å²) in [5, 5.41) is 0. The van der Waals surface area contributed by atoms with E-state index in [4.69, 9.17) is 10.5 Å². The second kappa shape index (κ2) is 6.77. The molecule has 2 N–H and O–H groups in total. The fourth-order valence-electron chi connectivity index (χ4n) is 2.00. The first-order chi connectivity index (χ1) is 7.99. The minimum atomic E-state index is -0.0236. The number of rotatable bonds is 6. The van der Waals surface area contributed by atoms with Crippen LogP contribution in [0.25, 0.3) is 0 Å². The maximum atomic E-state index is 6.12. The van der Waals surface area contributed by atoms with Gasteiger partial charge in [0.25, 0.3) is 0 Å². The molecule has 0 aliphatic rings. The van der Waals surface area contributed by atoms with E-state index in [1.54, 1.807) is 0 Å². The van der Waals surface area contributed by atoms with Gasteiger partial charge in [0.05, 0.1) is 18.8 Å². The summed E-state index contributed by atoms with van der Waals surface area (Å²) in [7, 11) is 0. The Morgan fingerprint density at radius 1 is 1.24 bits per heavy atom. The molecule has 0 amide bonds. The molecule has 0 heterocycles. The molecule has 0 aliphatic carbocycles. The average molecular weight is 235 g/mol. The Morgan fingerprint density at radius 3 is 2.53 bits per heavy atom. The number of benzene rings is 1. The van der Waals surface area contributed by atoms with E-state index in [0.29, 0.717) is 12.5 Å². The smallest absolute Gasteiger partial charge is 0.0662 e. The van der Waals surface area contributed by atoms with Crippen LogP contribution in [0, 0.1) is 12.8 Å². The quantitative estimate of drug-likeness (QED) is 0.819. The molecule has 0 fully saturated rings. The van der Waals surface area contributed by atoms with E-state index >= 15 is 0 Å². The number of hydrogen-bond acceptors (Lipinski definition) is 2. The highest BCUT2D eigenvalue weighted by molar-refractivity contribution is 5.24. The lowest BCUT2D eigenvalue weighted by Gasteiger charge is -2.19. The molecule has 1 aromatic carbocycles. The van der Waals surface area contributed by atoms with E-state index in [-0.39, 0.29) is 12.1 Å². The first-order valence-corrected chi connectivity index (χ1v) is 6.42. The van der Waals surface area contributed by atoms with E-state index in [1.165, 1.54) is 5.56 Å². The van der Waals surface area contributed by atoms with Crippen molar-refractivity contribution in [1.29, 1.82) is 0 Å². The van der Waals surface area contributed by atoms with Crippen molar-refractivity contribution in [2.45, 2.75) is 46.3 Å². The van der Waals surface area contributed by atoms with Crippen molar-refractivity contribution in [2.24, 2.45) is 11.7 Å². The van der Waals surface area contributed by atoms with Gasteiger partial charge in [-0.2, -0.15) is 0 Å². The van der Waals surface area contributed by atoms with Crippen molar-refractivity contribution in [3.8, 4) is 0 Å². The van der Waals surface area contributed by atoms with Gasteiger partial charge in [-0.25, -0.2) is 0 Å². The molecule has 1 aromatic rings. The molecule has 2 unspecified atom stereocenters. The summed E-state index contributed by atoms with van der Waals surface area (Å²) >= 11 is 0. The summed E-state index contributed by atoms with van der Waals surface area (Å²) < 4.78 is 5.78. The molecule has 2 nitrogen and oxygen atoms in total. The third kappa shape index (κ3) is 5.33. The zero-order valence-electron chi connectivity index (χ0n) is 11.4. The summed E-state index contributed by atoms with van der Waals surface area (Å²) in [5.41, 5.74) is 8.52. The normalized spacial score (nSPS) is 14.9. The third-order valence-electron chi connectivity index (χ3n) is 2.83. The SMILES string of the molecule is Cc1cccc(C(N)COC(C)CC(C)C)c1. The molecule has 1 rings (SSSR count). The van der Waals surface area contributed by atoms with Crippen LogP contribution in [0.1, 0.15) is 44.4 Å². The van der Waals surface area contributed by atoms with Crippen LogP contribution in [-0.2, 0) is 4.74 Å². The Hall–Kier alpha value is -0.860. The lowest BCUT2D eigenvalue weighted by Crippen LogP contribution is -2.21. The number of hydrogen-bond donors (Lipinski definition) is 1. The van der Waals surface area contributed by atoms with Crippen LogP contribution in [-0.4, -0.2) is 12.7 Å². The van der Waals surface area contributed by atoms with E-state index in [0.717, 1.165) is 12.0 Å². The zero-order valence-corrected chi connectivity index (χ0v) is 11.4. The van der Waals surface area contributed by atoms with Gasteiger partial charge in [-0.1, -0.05) is 43.7 Å². The topological polar surface area (TPSA) is 35.2 Å². The Kier molecular flexibility index (Phi) is 5.66. The average Bonchev–Trinajstić information content (AvgIpc) is 2.25. The van der Waals surface area contributed by atoms with Crippen molar-refractivity contribution in [2.75, 3.05) is 6.61 Å². The number of ether oxygens (including phenoxy) is 1. The maximum absolute atomic E-state index is 6.12. The van der Waals surface area contributed by atoms with Crippen molar-refractivity contribution >= 4 is 0 Å². The fourth-order valence-corrected chi connectivity index (χ4v) is 2.00. The summed E-state index contributed by atoms with van der Waals surface area (Å²) in [5.74, 6) is 0.667. The largest absolute Gasteiger partial charge is 0.377 e. The molecule has 0 saturated heterocycles. The Bertz CT molecular complexity index is 335. The highest BCUT2D eigenvalue weighted by atomic mass is 16.5. The van der Waals surface area contributed by atoms with Gasteiger partial charge >= 0.3 is 0 Å². The minimum absolute atomic E-state index is 0.0236. The maximum Gasteiger partial charge on any atom is 0.0662 e. The Balaban J connectivity index is 2.42. The standard InChI is InChI=1S/C15H25NO/c1-11(2)8-13(4)17-10-15(16)14-7-5-6-12(3)9-14/h5-7,9,11,13,15H,8,10,16H2,1-4H3. The minimum Gasteiger partial charge on any atom is -0.377 e. The molecule has 2 heteroatoms. The number of aryl methyl sites for hydroxylation is 1. The second-order valence-electron chi connectivity index (χ2n) is 5.29. The molecule has 0 saturated carbocycles. The van der Waals surface area contributed by atoms with E-state index < -0.39 is 0 Å². The lowest BCUT2D eigenvalue weighted by molar-refractivity contribution is 0.0430. The second-order valence-corrected chi connectivity index (χ2v) is 5.29. The summed E-state index contributed by atoms with van der Waals surface area (Å²) in [4.78, 5) is 0. The summed E-state index contributed by atoms with van der Waals surface area (Å²) in [6.07, 6.45) is 1.37. The molecule has 17 heavy (non-hydrogen) atoms. The van der Waals surface area contributed by atoms with Crippen LogP contribution < -0.4 is 5.73 Å². The predicted molar refractivity (Wildman–Crippen MR) is 73.0 cm³/mol. The van der Waals surface area contributed by atoms with Crippen LogP contribution in [0.4, 0.5) is 0 Å². The van der Waals surface area contributed by atoms with Crippen LogP contribution in [0.2, 0.25) is 0 Å². The van der Waals surface area contributed by atoms with Gasteiger partial charge in [0.2, 0.25) is 0 Å². The van der Waals surface area contributed by atoms with Gasteiger partial charge in [0.15, 0.2) is 0 Å². The van der Waals surface area contributed by atoms with Gasteiger partial charge in [0.1, 0.15) is 0 Å². The molecule has 0 bridgehead atoms. The Labute approximate surface area is 105 Å². The molecule has 2 atom stereocenters. The predicted octanol–water partition coefficient (Wildman–Crippen LogP) is 3.45. The summed E-state index contributed by atoms with van der Waals surface area (Å²) in [6.45, 7) is 9.21. The molecule has 0 spiro atoms. The molecule has 0 radical (unpaired) electrons. The van der Waals surface area contributed by atoms with Crippen LogP contribution in [0.5, 0.6) is 0 Å². The molecule has 96 valence electrons. The van der Waals surface area contributed by atoms with Crippen molar-refractivity contribution in [3.05, 3.63) is 35.4 Å². The van der Waals surface area contributed by atoms with Crippen LogP contribution >= 0.6 is 0 Å². The number of nitrogens with two attached hydrogens (primary N) is 1. The lowest BCUT2D eigenvalue weighted by atomic mass is 10.1.